The van der Waals surface area contributed by atoms with Crippen LogP contribution in [-0.2, 0) is 0 Å². The fourth-order valence-electron chi connectivity index (χ4n) is 1.90. The predicted octanol–water partition coefficient (Wildman–Crippen LogP) is 4.24. The predicted molar refractivity (Wildman–Crippen MR) is 75.0 cm³/mol. The molecule has 0 unspecified atom stereocenters. The molecule has 0 aromatic heterocycles. The molecule has 0 saturated heterocycles. The molecule has 0 saturated carbocycles. The number of hydrogen-bond acceptors (Lipinski definition) is 2. The van der Waals surface area contributed by atoms with E-state index in [1.165, 1.54) is 12.1 Å². The molecule has 0 atom stereocenters. The van der Waals surface area contributed by atoms with E-state index in [1.54, 1.807) is 18.2 Å². The van der Waals surface area contributed by atoms with Gasteiger partial charge in [0.25, 0.3) is 0 Å². The van der Waals surface area contributed by atoms with Crippen LogP contribution in [0.4, 0.5) is 4.39 Å². The zero-order valence-corrected chi connectivity index (χ0v) is 11.4. The first-order valence-electron chi connectivity index (χ1n) is 5.98. The van der Waals surface area contributed by atoms with E-state index >= 15 is 0 Å². The monoisotopic (exact) mass is 294 g/mol. The Morgan fingerprint density at radius 2 is 1.95 bits per heavy atom. The fourth-order valence-corrected chi connectivity index (χ4v) is 2.17. The summed E-state index contributed by atoms with van der Waals surface area (Å²) in [6.45, 7) is 2.36. The minimum absolute atomic E-state index is 0.129. The quantitative estimate of drug-likeness (QED) is 0.917. The van der Waals surface area contributed by atoms with Gasteiger partial charge in [0.05, 0.1) is 17.2 Å². The first kappa shape index (κ1) is 14.3. The summed E-state index contributed by atoms with van der Waals surface area (Å²) in [6, 6.07) is 8.54. The van der Waals surface area contributed by atoms with Gasteiger partial charge >= 0.3 is 5.97 Å². The van der Waals surface area contributed by atoms with Crippen LogP contribution in [0, 0.1) is 5.82 Å². The van der Waals surface area contributed by atoms with Crippen LogP contribution in [0.5, 0.6) is 5.75 Å². The number of halogens is 2. The molecular weight excluding hydrogens is 283 g/mol. The number of hydrogen-bond donors (Lipinski definition) is 1. The van der Waals surface area contributed by atoms with Crippen LogP contribution in [0.2, 0.25) is 5.02 Å². The zero-order valence-electron chi connectivity index (χ0n) is 10.7. The Balaban J connectivity index is 2.54. The van der Waals surface area contributed by atoms with Crippen LogP contribution in [0.25, 0.3) is 11.1 Å². The number of benzene rings is 2. The third kappa shape index (κ3) is 2.91. The Morgan fingerprint density at radius 3 is 2.55 bits per heavy atom. The SMILES string of the molecule is CCOc1ccc(-c2ccc(F)cc2C(=O)O)c(Cl)c1. The van der Waals surface area contributed by atoms with E-state index in [-0.39, 0.29) is 5.56 Å². The van der Waals surface area contributed by atoms with Crippen molar-refractivity contribution in [3.63, 3.8) is 0 Å². The molecular formula is C15H12ClFO3. The van der Waals surface area contributed by atoms with Crippen molar-refractivity contribution < 1.29 is 19.0 Å². The van der Waals surface area contributed by atoms with Crippen molar-refractivity contribution in [1.29, 1.82) is 0 Å². The second-order valence-corrected chi connectivity index (χ2v) is 4.48. The van der Waals surface area contributed by atoms with E-state index in [0.717, 1.165) is 6.07 Å². The maximum atomic E-state index is 13.2. The summed E-state index contributed by atoms with van der Waals surface area (Å²) in [5.74, 6) is -1.21. The average Bonchev–Trinajstić information content (AvgIpc) is 2.40. The maximum Gasteiger partial charge on any atom is 0.336 e. The molecule has 0 bridgehead atoms. The second-order valence-electron chi connectivity index (χ2n) is 4.07. The third-order valence-electron chi connectivity index (χ3n) is 2.75. The number of aromatic carboxylic acids is 1. The lowest BCUT2D eigenvalue weighted by molar-refractivity contribution is 0.0697. The molecule has 104 valence electrons. The first-order chi connectivity index (χ1) is 9.52. The number of carboxylic acid groups (broad SMARTS) is 1. The number of rotatable bonds is 4. The molecule has 0 radical (unpaired) electrons. The first-order valence-corrected chi connectivity index (χ1v) is 6.36. The van der Waals surface area contributed by atoms with Gasteiger partial charge in [0, 0.05) is 5.56 Å². The minimum Gasteiger partial charge on any atom is -0.494 e. The van der Waals surface area contributed by atoms with Crippen molar-refractivity contribution in [1.82, 2.24) is 0 Å². The van der Waals surface area contributed by atoms with Crippen molar-refractivity contribution in [3.8, 4) is 16.9 Å². The molecule has 2 aromatic rings. The Labute approximate surface area is 120 Å². The number of carboxylic acids is 1. The third-order valence-corrected chi connectivity index (χ3v) is 3.07. The molecule has 1 N–H and O–H groups in total. The van der Waals surface area contributed by atoms with Gasteiger partial charge in [-0.3, -0.25) is 0 Å². The smallest absolute Gasteiger partial charge is 0.336 e. The summed E-state index contributed by atoms with van der Waals surface area (Å²) in [5.41, 5.74) is 0.760. The average molecular weight is 295 g/mol. The normalized spacial score (nSPS) is 10.3. The Hall–Kier alpha value is -2.07. The summed E-state index contributed by atoms with van der Waals surface area (Å²) in [6.07, 6.45) is 0. The summed E-state index contributed by atoms with van der Waals surface area (Å²) in [7, 11) is 0. The molecule has 0 amide bonds. The van der Waals surface area contributed by atoms with Crippen molar-refractivity contribution in [2.75, 3.05) is 6.61 Å². The highest BCUT2D eigenvalue weighted by Crippen LogP contribution is 2.33. The lowest BCUT2D eigenvalue weighted by Gasteiger charge is -2.10. The minimum atomic E-state index is -1.20. The largest absolute Gasteiger partial charge is 0.494 e. The van der Waals surface area contributed by atoms with Gasteiger partial charge in [-0.2, -0.15) is 0 Å². The zero-order chi connectivity index (χ0) is 14.7. The topological polar surface area (TPSA) is 46.5 Å². The Morgan fingerprint density at radius 1 is 1.25 bits per heavy atom. The molecule has 0 aliphatic carbocycles. The van der Waals surface area contributed by atoms with Gasteiger partial charge in [0.15, 0.2) is 0 Å². The van der Waals surface area contributed by atoms with Crippen LogP contribution in [0.1, 0.15) is 17.3 Å². The van der Waals surface area contributed by atoms with Crippen LogP contribution in [0.3, 0.4) is 0 Å². The molecule has 0 spiro atoms. The van der Waals surface area contributed by atoms with Crippen molar-refractivity contribution >= 4 is 17.6 Å². The Kier molecular flexibility index (Phi) is 4.25. The highest BCUT2D eigenvalue weighted by atomic mass is 35.5. The van der Waals surface area contributed by atoms with Gasteiger partial charge in [-0.25, -0.2) is 9.18 Å². The van der Waals surface area contributed by atoms with Gasteiger partial charge in [0.1, 0.15) is 11.6 Å². The maximum absolute atomic E-state index is 13.2. The van der Waals surface area contributed by atoms with Gasteiger partial charge in [-0.05, 0) is 42.8 Å². The molecule has 0 aliphatic heterocycles. The lowest BCUT2D eigenvalue weighted by atomic mass is 9.99. The summed E-state index contributed by atoms with van der Waals surface area (Å²) in [4.78, 5) is 11.2. The molecule has 5 heteroatoms. The molecule has 2 rings (SSSR count). The van der Waals surface area contributed by atoms with Gasteiger partial charge in [-0.1, -0.05) is 17.7 Å². The van der Waals surface area contributed by atoms with Gasteiger partial charge in [0.2, 0.25) is 0 Å². The molecule has 0 aliphatic rings. The standard InChI is InChI=1S/C15H12ClFO3/c1-2-20-10-4-6-12(14(16)8-10)11-5-3-9(17)7-13(11)15(18)19/h3-8H,2H2,1H3,(H,18,19). The summed E-state index contributed by atoms with van der Waals surface area (Å²) < 4.78 is 18.5. The molecule has 0 fully saturated rings. The van der Waals surface area contributed by atoms with Crippen molar-refractivity contribution in [2.24, 2.45) is 0 Å². The summed E-state index contributed by atoms with van der Waals surface area (Å²) >= 11 is 6.15. The van der Waals surface area contributed by atoms with E-state index in [4.69, 9.17) is 21.4 Å². The van der Waals surface area contributed by atoms with E-state index in [2.05, 4.69) is 0 Å². The van der Waals surface area contributed by atoms with Crippen LogP contribution in [0.15, 0.2) is 36.4 Å². The number of carbonyl (C=O) groups is 1. The molecule has 0 heterocycles. The highest BCUT2D eigenvalue weighted by Gasteiger charge is 2.15. The number of ether oxygens (including phenoxy) is 1. The van der Waals surface area contributed by atoms with Crippen LogP contribution in [-0.4, -0.2) is 17.7 Å². The lowest BCUT2D eigenvalue weighted by Crippen LogP contribution is -2.01. The van der Waals surface area contributed by atoms with Crippen molar-refractivity contribution in [3.05, 3.63) is 52.8 Å². The second kappa shape index (κ2) is 5.92. The van der Waals surface area contributed by atoms with E-state index < -0.39 is 11.8 Å². The van der Waals surface area contributed by atoms with Gasteiger partial charge in [-0.15, -0.1) is 0 Å². The molecule has 3 nitrogen and oxygen atoms in total. The van der Waals surface area contributed by atoms with E-state index in [9.17, 15) is 9.18 Å². The Bertz CT molecular complexity index is 656. The van der Waals surface area contributed by atoms with Gasteiger partial charge < -0.3 is 9.84 Å². The molecule has 20 heavy (non-hydrogen) atoms. The fraction of sp³-hybridized carbons (Fsp3) is 0.133. The van der Waals surface area contributed by atoms with E-state index in [0.29, 0.717) is 28.5 Å². The van der Waals surface area contributed by atoms with E-state index in [1.807, 2.05) is 6.92 Å². The highest BCUT2D eigenvalue weighted by molar-refractivity contribution is 6.33. The van der Waals surface area contributed by atoms with Crippen molar-refractivity contribution in [2.45, 2.75) is 6.92 Å². The molecule has 2 aromatic carbocycles. The van der Waals surface area contributed by atoms with Crippen LogP contribution < -0.4 is 4.74 Å². The summed E-state index contributed by atoms with van der Waals surface area (Å²) in [5, 5.41) is 9.50. The van der Waals surface area contributed by atoms with Crippen LogP contribution >= 0.6 is 11.6 Å².